The van der Waals surface area contributed by atoms with Crippen LogP contribution >= 0.6 is 0 Å². The molecule has 29 heavy (non-hydrogen) atoms. The van der Waals surface area contributed by atoms with E-state index in [1.54, 1.807) is 9.80 Å². The van der Waals surface area contributed by atoms with Crippen LogP contribution in [0.25, 0.3) is 10.8 Å². The molecule has 0 spiro atoms. The standard InChI is InChI=1S/C23H28N4O2/c1-17-14-24(20-9-4-7-18-6-2-3-8-19(18)20)12-13-25(17)16-26-15-22(28)27-11-5-10-21(27)23(26)29/h2-4,6-9,17,21H,5,10-16H2,1H3/t17-,21-/m0/s1. The van der Waals surface area contributed by atoms with Crippen molar-refractivity contribution >= 4 is 28.3 Å². The molecule has 0 aromatic heterocycles. The number of carbonyl (C=O) groups excluding carboxylic acids is 2. The number of nitrogens with zero attached hydrogens (tertiary/aromatic N) is 4. The van der Waals surface area contributed by atoms with Crippen LogP contribution in [0.1, 0.15) is 19.8 Å². The van der Waals surface area contributed by atoms with Gasteiger partial charge in [0, 0.05) is 43.3 Å². The molecule has 2 atom stereocenters. The van der Waals surface area contributed by atoms with Gasteiger partial charge in [-0.1, -0.05) is 36.4 Å². The van der Waals surface area contributed by atoms with Gasteiger partial charge < -0.3 is 14.7 Å². The molecule has 3 fully saturated rings. The third-order valence-electron chi connectivity index (χ3n) is 6.72. The highest BCUT2D eigenvalue weighted by atomic mass is 16.2. The first kappa shape index (κ1) is 18.4. The summed E-state index contributed by atoms with van der Waals surface area (Å²) in [6.45, 7) is 6.46. The Morgan fingerprint density at radius 1 is 1.00 bits per heavy atom. The Bertz CT molecular complexity index is 940. The number of fused-ring (bicyclic) bond motifs is 2. The molecular formula is C23H28N4O2. The first-order valence-corrected chi connectivity index (χ1v) is 10.7. The fourth-order valence-corrected chi connectivity index (χ4v) is 5.11. The molecule has 0 unspecified atom stereocenters. The summed E-state index contributed by atoms with van der Waals surface area (Å²) in [6.07, 6.45) is 1.75. The number of hydrogen-bond acceptors (Lipinski definition) is 4. The van der Waals surface area contributed by atoms with Crippen molar-refractivity contribution in [1.82, 2.24) is 14.7 Å². The second kappa shape index (κ2) is 7.34. The van der Waals surface area contributed by atoms with Crippen molar-refractivity contribution in [2.45, 2.75) is 31.8 Å². The lowest BCUT2D eigenvalue weighted by molar-refractivity contribution is -0.156. The van der Waals surface area contributed by atoms with Gasteiger partial charge in [-0.05, 0) is 31.2 Å². The van der Waals surface area contributed by atoms with Gasteiger partial charge in [0.15, 0.2) is 0 Å². The normalized spacial score (nSPS) is 25.8. The molecule has 3 heterocycles. The highest BCUT2D eigenvalue weighted by Crippen LogP contribution is 2.29. The van der Waals surface area contributed by atoms with Crippen LogP contribution in [0, 0.1) is 0 Å². The van der Waals surface area contributed by atoms with Gasteiger partial charge in [-0.15, -0.1) is 0 Å². The van der Waals surface area contributed by atoms with Crippen molar-refractivity contribution in [3.63, 3.8) is 0 Å². The summed E-state index contributed by atoms with van der Waals surface area (Å²) in [5.74, 6) is 0.236. The van der Waals surface area contributed by atoms with Gasteiger partial charge in [-0.3, -0.25) is 14.5 Å². The summed E-state index contributed by atoms with van der Waals surface area (Å²) in [7, 11) is 0. The molecule has 0 bridgehead atoms. The predicted octanol–water partition coefficient (Wildman–Crippen LogP) is 2.14. The Morgan fingerprint density at radius 3 is 2.69 bits per heavy atom. The number of amides is 2. The average Bonchev–Trinajstić information content (AvgIpc) is 3.24. The molecule has 3 aliphatic heterocycles. The van der Waals surface area contributed by atoms with Gasteiger partial charge >= 0.3 is 0 Å². The van der Waals surface area contributed by atoms with E-state index in [0.717, 1.165) is 39.0 Å². The fourth-order valence-electron chi connectivity index (χ4n) is 5.11. The van der Waals surface area contributed by atoms with Crippen LogP contribution in [-0.4, -0.2) is 78.0 Å². The Balaban J connectivity index is 1.28. The monoisotopic (exact) mass is 392 g/mol. The summed E-state index contributed by atoms with van der Waals surface area (Å²) in [5, 5.41) is 2.55. The van der Waals surface area contributed by atoms with E-state index in [1.165, 1.54) is 16.5 Å². The second-order valence-electron chi connectivity index (χ2n) is 8.53. The maximum Gasteiger partial charge on any atom is 0.246 e. The minimum atomic E-state index is -0.219. The first-order valence-electron chi connectivity index (χ1n) is 10.7. The minimum absolute atomic E-state index is 0.106. The molecule has 152 valence electrons. The summed E-state index contributed by atoms with van der Waals surface area (Å²) in [4.78, 5) is 33.6. The lowest BCUT2D eigenvalue weighted by Crippen LogP contribution is -2.62. The van der Waals surface area contributed by atoms with Crippen molar-refractivity contribution in [1.29, 1.82) is 0 Å². The van der Waals surface area contributed by atoms with E-state index in [0.29, 0.717) is 12.7 Å². The van der Waals surface area contributed by atoms with E-state index in [-0.39, 0.29) is 24.4 Å². The fraction of sp³-hybridized carbons (Fsp3) is 0.478. The van der Waals surface area contributed by atoms with E-state index < -0.39 is 0 Å². The Morgan fingerprint density at radius 2 is 1.83 bits per heavy atom. The molecule has 2 aromatic rings. The van der Waals surface area contributed by atoms with Gasteiger partial charge in [-0.2, -0.15) is 0 Å². The maximum absolute atomic E-state index is 12.9. The van der Waals surface area contributed by atoms with Gasteiger partial charge in [0.2, 0.25) is 11.8 Å². The van der Waals surface area contributed by atoms with E-state index >= 15 is 0 Å². The third-order valence-corrected chi connectivity index (χ3v) is 6.72. The zero-order valence-corrected chi connectivity index (χ0v) is 17.0. The van der Waals surface area contributed by atoms with Gasteiger partial charge in [0.05, 0.1) is 6.67 Å². The van der Waals surface area contributed by atoms with E-state index in [9.17, 15) is 9.59 Å². The quantitative estimate of drug-likeness (QED) is 0.803. The third kappa shape index (κ3) is 3.25. The molecule has 0 aliphatic carbocycles. The van der Waals surface area contributed by atoms with Gasteiger partial charge in [0.25, 0.3) is 0 Å². The number of anilines is 1. The summed E-state index contributed by atoms with van der Waals surface area (Å²) in [6, 6.07) is 15.1. The van der Waals surface area contributed by atoms with Crippen LogP contribution in [-0.2, 0) is 9.59 Å². The van der Waals surface area contributed by atoms with Gasteiger partial charge in [-0.25, -0.2) is 0 Å². The highest BCUT2D eigenvalue weighted by molar-refractivity contribution is 5.95. The topological polar surface area (TPSA) is 47.1 Å². The number of rotatable bonds is 3. The zero-order valence-electron chi connectivity index (χ0n) is 17.0. The molecule has 0 saturated carbocycles. The predicted molar refractivity (Wildman–Crippen MR) is 114 cm³/mol. The average molecular weight is 393 g/mol. The van der Waals surface area contributed by atoms with Gasteiger partial charge in [0.1, 0.15) is 12.6 Å². The molecule has 6 heteroatoms. The molecule has 0 radical (unpaired) electrons. The van der Waals surface area contributed by atoms with Crippen LogP contribution in [0.4, 0.5) is 5.69 Å². The molecule has 2 amide bonds. The number of hydrogen-bond donors (Lipinski definition) is 0. The number of carbonyl (C=O) groups is 2. The summed E-state index contributed by atoms with van der Waals surface area (Å²) >= 11 is 0. The Labute approximate surface area is 171 Å². The van der Waals surface area contributed by atoms with E-state index in [4.69, 9.17) is 0 Å². The lowest BCUT2D eigenvalue weighted by Gasteiger charge is -2.45. The van der Waals surface area contributed by atoms with Crippen LogP contribution in [0.5, 0.6) is 0 Å². The first-order chi connectivity index (χ1) is 14.1. The molecule has 3 saturated heterocycles. The van der Waals surface area contributed by atoms with Crippen molar-refractivity contribution in [2.24, 2.45) is 0 Å². The van der Waals surface area contributed by atoms with Crippen LogP contribution < -0.4 is 4.90 Å². The van der Waals surface area contributed by atoms with Crippen molar-refractivity contribution in [3.8, 4) is 0 Å². The molecule has 6 nitrogen and oxygen atoms in total. The molecule has 0 N–H and O–H groups in total. The smallest absolute Gasteiger partial charge is 0.246 e. The number of benzene rings is 2. The zero-order chi connectivity index (χ0) is 20.0. The lowest BCUT2D eigenvalue weighted by atomic mass is 10.1. The summed E-state index contributed by atoms with van der Waals surface area (Å²) in [5.41, 5.74) is 1.28. The largest absolute Gasteiger partial charge is 0.368 e. The van der Waals surface area contributed by atoms with Crippen molar-refractivity contribution < 1.29 is 9.59 Å². The number of piperazine rings is 2. The van der Waals surface area contributed by atoms with Crippen molar-refractivity contribution in [3.05, 3.63) is 42.5 Å². The Hall–Kier alpha value is -2.60. The highest BCUT2D eigenvalue weighted by Gasteiger charge is 2.42. The van der Waals surface area contributed by atoms with E-state index in [1.807, 2.05) is 0 Å². The molecule has 3 aliphatic rings. The molecule has 5 rings (SSSR count). The van der Waals surface area contributed by atoms with Crippen LogP contribution in [0.3, 0.4) is 0 Å². The minimum Gasteiger partial charge on any atom is -0.368 e. The van der Waals surface area contributed by atoms with Crippen LogP contribution in [0.15, 0.2) is 42.5 Å². The second-order valence-corrected chi connectivity index (χ2v) is 8.53. The summed E-state index contributed by atoms with van der Waals surface area (Å²) < 4.78 is 0. The maximum atomic E-state index is 12.9. The van der Waals surface area contributed by atoms with Crippen molar-refractivity contribution in [2.75, 3.05) is 44.3 Å². The Kier molecular flexibility index (Phi) is 4.66. The SMILES string of the molecule is C[C@H]1CN(c2cccc3ccccc23)CCN1CN1CC(=O)N2CCC[C@H]2C1=O. The van der Waals surface area contributed by atoms with Crippen LogP contribution in [0.2, 0.25) is 0 Å². The van der Waals surface area contributed by atoms with E-state index in [2.05, 4.69) is 59.2 Å². The molecule has 2 aromatic carbocycles. The molecular weight excluding hydrogens is 364 g/mol.